The molecule has 1 aliphatic rings. The molecule has 0 atom stereocenters. The summed E-state index contributed by atoms with van der Waals surface area (Å²) in [6, 6.07) is 12.4. The van der Waals surface area contributed by atoms with Gasteiger partial charge in [0, 0.05) is 6.04 Å². The van der Waals surface area contributed by atoms with Crippen LogP contribution in [0.15, 0.2) is 48.5 Å². The summed E-state index contributed by atoms with van der Waals surface area (Å²) in [6.07, 6.45) is 4.15. The lowest BCUT2D eigenvalue weighted by Gasteiger charge is -2.15. The first kappa shape index (κ1) is 19.4. The second-order valence-corrected chi connectivity index (χ2v) is 6.67. The number of phenols is 1. The molecule has 146 valence electrons. The van der Waals surface area contributed by atoms with Crippen LogP contribution in [0.3, 0.4) is 0 Å². The van der Waals surface area contributed by atoms with Crippen LogP contribution in [0.25, 0.3) is 0 Å². The van der Waals surface area contributed by atoms with Crippen molar-refractivity contribution in [3.63, 3.8) is 0 Å². The van der Waals surface area contributed by atoms with Crippen LogP contribution in [0.4, 0.5) is 5.69 Å². The van der Waals surface area contributed by atoms with Gasteiger partial charge in [0.15, 0.2) is 6.61 Å². The van der Waals surface area contributed by atoms with Gasteiger partial charge in [-0.3, -0.25) is 9.59 Å². The van der Waals surface area contributed by atoms with Crippen molar-refractivity contribution in [3.05, 3.63) is 59.7 Å². The number of esters is 1. The lowest BCUT2D eigenvalue weighted by molar-refractivity contribution is -0.119. The number of rotatable bonds is 6. The minimum atomic E-state index is -0.678. The highest BCUT2D eigenvalue weighted by Gasteiger charge is 2.20. The van der Waals surface area contributed by atoms with E-state index in [0.29, 0.717) is 11.3 Å². The molecule has 0 aliphatic heterocycles. The van der Waals surface area contributed by atoms with Gasteiger partial charge in [0.1, 0.15) is 5.75 Å². The summed E-state index contributed by atoms with van der Waals surface area (Å²) in [4.78, 5) is 36.6. The van der Waals surface area contributed by atoms with Crippen LogP contribution in [0.2, 0.25) is 0 Å². The van der Waals surface area contributed by atoms with Crippen LogP contribution < -0.4 is 10.6 Å². The Labute approximate surface area is 162 Å². The number of carbonyl (C=O) groups is 3. The molecule has 3 N–H and O–H groups in total. The number of carbonyl (C=O) groups excluding carboxylic acids is 3. The van der Waals surface area contributed by atoms with Crippen LogP contribution in [-0.4, -0.2) is 35.5 Å². The van der Waals surface area contributed by atoms with E-state index in [1.54, 1.807) is 24.3 Å². The Morgan fingerprint density at radius 1 is 1.00 bits per heavy atom. The smallest absolute Gasteiger partial charge is 0.338 e. The molecule has 0 unspecified atom stereocenters. The zero-order valence-electron chi connectivity index (χ0n) is 15.3. The second kappa shape index (κ2) is 9.03. The first-order chi connectivity index (χ1) is 13.5. The first-order valence-corrected chi connectivity index (χ1v) is 9.19. The highest BCUT2D eigenvalue weighted by molar-refractivity contribution is 6.04. The van der Waals surface area contributed by atoms with E-state index in [2.05, 4.69) is 10.6 Å². The maximum atomic E-state index is 12.5. The van der Waals surface area contributed by atoms with Crippen molar-refractivity contribution >= 4 is 23.5 Å². The van der Waals surface area contributed by atoms with Crippen LogP contribution in [0.5, 0.6) is 5.75 Å². The van der Waals surface area contributed by atoms with Gasteiger partial charge in [-0.15, -0.1) is 0 Å². The molecule has 3 rings (SSSR count). The third-order valence-corrected chi connectivity index (χ3v) is 4.57. The van der Waals surface area contributed by atoms with Gasteiger partial charge >= 0.3 is 5.97 Å². The fraction of sp³-hybridized carbons (Fsp3) is 0.286. The molecule has 0 heterocycles. The molecule has 28 heavy (non-hydrogen) atoms. The molecule has 0 aromatic heterocycles. The summed E-state index contributed by atoms with van der Waals surface area (Å²) in [5, 5.41) is 14.8. The molecule has 0 bridgehead atoms. The van der Waals surface area contributed by atoms with Gasteiger partial charge in [-0.2, -0.15) is 0 Å². The molecule has 0 radical (unpaired) electrons. The number of anilines is 1. The number of ether oxygens (including phenoxy) is 1. The number of hydrogen-bond acceptors (Lipinski definition) is 5. The lowest BCUT2D eigenvalue weighted by Crippen LogP contribution is -2.33. The van der Waals surface area contributed by atoms with Crippen molar-refractivity contribution in [2.75, 3.05) is 11.9 Å². The van der Waals surface area contributed by atoms with E-state index >= 15 is 0 Å². The number of benzene rings is 2. The SMILES string of the molecule is O=C(COC(=O)c1ccc(O)cc1)Nc1ccccc1C(=O)NC1CCCC1. The van der Waals surface area contributed by atoms with E-state index in [1.807, 2.05) is 0 Å². The summed E-state index contributed by atoms with van der Waals surface area (Å²) in [5.74, 6) is -1.43. The number of phenolic OH excluding ortho intramolecular Hbond substituents is 1. The Morgan fingerprint density at radius 3 is 2.39 bits per heavy atom. The summed E-state index contributed by atoms with van der Waals surface area (Å²) >= 11 is 0. The molecular formula is C21H22N2O5. The van der Waals surface area contributed by atoms with E-state index in [-0.39, 0.29) is 23.3 Å². The Morgan fingerprint density at radius 2 is 1.68 bits per heavy atom. The maximum Gasteiger partial charge on any atom is 0.338 e. The topological polar surface area (TPSA) is 105 Å². The Kier molecular flexibility index (Phi) is 6.26. The summed E-state index contributed by atoms with van der Waals surface area (Å²) in [5.41, 5.74) is 0.957. The fourth-order valence-electron chi connectivity index (χ4n) is 3.12. The number of amides is 2. The van der Waals surface area contributed by atoms with E-state index < -0.39 is 18.5 Å². The minimum Gasteiger partial charge on any atom is -0.508 e. The fourth-order valence-corrected chi connectivity index (χ4v) is 3.12. The average molecular weight is 382 g/mol. The molecule has 0 spiro atoms. The Bertz CT molecular complexity index is 857. The van der Waals surface area contributed by atoms with Gasteiger partial charge < -0.3 is 20.5 Å². The van der Waals surface area contributed by atoms with Gasteiger partial charge in [-0.25, -0.2) is 4.79 Å². The normalized spacial score (nSPS) is 13.7. The number of hydrogen-bond donors (Lipinski definition) is 3. The van der Waals surface area contributed by atoms with Crippen molar-refractivity contribution < 1.29 is 24.2 Å². The van der Waals surface area contributed by atoms with Gasteiger partial charge in [0.25, 0.3) is 11.8 Å². The van der Waals surface area contributed by atoms with E-state index in [0.717, 1.165) is 25.7 Å². The Hall–Kier alpha value is -3.35. The highest BCUT2D eigenvalue weighted by atomic mass is 16.5. The standard InChI is InChI=1S/C21H22N2O5/c24-16-11-9-14(10-12-16)21(27)28-13-19(25)23-18-8-4-3-7-17(18)20(26)22-15-5-1-2-6-15/h3-4,7-12,15,24H,1-2,5-6,13H2,(H,22,26)(H,23,25). The first-order valence-electron chi connectivity index (χ1n) is 9.19. The Balaban J connectivity index is 1.57. The third kappa shape index (κ3) is 5.09. The molecular weight excluding hydrogens is 360 g/mol. The third-order valence-electron chi connectivity index (χ3n) is 4.57. The van der Waals surface area contributed by atoms with Gasteiger partial charge in [0.2, 0.25) is 0 Å². The van der Waals surface area contributed by atoms with Crippen molar-refractivity contribution in [2.45, 2.75) is 31.7 Å². The van der Waals surface area contributed by atoms with E-state index in [9.17, 15) is 19.5 Å². The molecule has 1 saturated carbocycles. The van der Waals surface area contributed by atoms with Gasteiger partial charge in [0.05, 0.1) is 16.8 Å². The van der Waals surface area contributed by atoms with E-state index in [1.165, 1.54) is 24.3 Å². The average Bonchev–Trinajstić information content (AvgIpc) is 3.20. The van der Waals surface area contributed by atoms with Crippen LogP contribution in [0.1, 0.15) is 46.4 Å². The number of para-hydroxylation sites is 1. The predicted octanol–water partition coefficient (Wildman–Crippen LogP) is 2.86. The number of nitrogens with one attached hydrogen (secondary N) is 2. The largest absolute Gasteiger partial charge is 0.508 e. The van der Waals surface area contributed by atoms with Gasteiger partial charge in [-0.1, -0.05) is 25.0 Å². The summed E-state index contributed by atoms with van der Waals surface area (Å²) < 4.78 is 4.98. The van der Waals surface area contributed by atoms with Crippen molar-refractivity contribution in [1.82, 2.24) is 5.32 Å². The maximum absolute atomic E-state index is 12.5. The van der Waals surface area contributed by atoms with Crippen LogP contribution in [-0.2, 0) is 9.53 Å². The predicted molar refractivity (Wildman–Crippen MR) is 103 cm³/mol. The zero-order valence-corrected chi connectivity index (χ0v) is 15.3. The highest BCUT2D eigenvalue weighted by Crippen LogP contribution is 2.20. The quantitative estimate of drug-likeness (QED) is 0.667. The van der Waals surface area contributed by atoms with Crippen LogP contribution in [0, 0.1) is 0 Å². The molecule has 0 saturated heterocycles. The van der Waals surface area contributed by atoms with Crippen LogP contribution >= 0.6 is 0 Å². The monoisotopic (exact) mass is 382 g/mol. The molecule has 2 amide bonds. The van der Waals surface area contributed by atoms with Gasteiger partial charge in [-0.05, 0) is 49.2 Å². The molecule has 7 heteroatoms. The summed E-state index contributed by atoms with van der Waals surface area (Å²) in [7, 11) is 0. The molecule has 1 fully saturated rings. The number of aromatic hydroxyl groups is 1. The zero-order chi connectivity index (χ0) is 19.9. The molecule has 7 nitrogen and oxygen atoms in total. The molecule has 2 aromatic rings. The molecule has 2 aromatic carbocycles. The van der Waals surface area contributed by atoms with E-state index in [4.69, 9.17) is 4.74 Å². The molecule has 1 aliphatic carbocycles. The lowest BCUT2D eigenvalue weighted by atomic mass is 10.1. The second-order valence-electron chi connectivity index (χ2n) is 6.67. The minimum absolute atomic E-state index is 0.0294. The van der Waals surface area contributed by atoms with Crippen molar-refractivity contribution in [3.8, 4) is 5.75 Å². The summed E-state index contributed by atoms with van der Waals surface area (Å²) in [6.45, 7) is -0.488. The van der Waals surface area contributed by atoms with Crippen molar-refractivity contribution in [1.29, 1.82) is 0 Å². The van der Waals surface area contributed by atoms with Crippen molar-refractivity contribution in [2.24, 2.45) is 0 Å².